The van der Waals surface area contributed by atoms with E-state index in [0.717, 1.165) is 24.6 Å². The van der Waals surface area contributed by atoms with Gasteiger partial charge in [0.15, 0.2) is 11.6 Å². The average Bonchev–Trinajstić information content (AvgIpc) is 2.84. The Hall–Kier alpha value is -1.16. The van der Waals surface area contributed by atoms with Crippen molar-refractivity contribution in [2.75, 3.05) is 6.61 Å². The van der Waals surface area contributed by atoms with E-state index >= 15 is 0 Å². The predicted octanol–water partition coefficient (Wildman–Crippen LogP) is 1.69. The van der Waals surface area contributed by atoms with Crippen LogP contribution in [0.5, 0.6) is 5.75 Å². The number of hydrogen-bond acceptors (Lipinski definition) is 2. The molecule has 2 nitrogen and oxygen atoms in total. The Morgan fingerprint density at radius 3 is 2.79 bits per heavy atom. The van der Waals surface area contributed by atoms with Crippen molar-refractivity contribution >= 4 is 0 Å². The molecule has 0 aliphatic heterocycles. The quantitative estimate of drug-likeness (QED) is 0.804. The van der Waals surface area contributed by atoms with Crippen LogP contribution in [0.2, 0.25) is 0 Å². The van der Waals surface area contributed by atoms with E-state index in [-0.39, 0.29) is 17.7 Å². The van der Waals surface area contributed by atoms with E-state index in [2.05, 4.69) is 0 Å². The number of halogens is 2. The van der Waals surface area contributed by atoms with Crippen molar-refractivity contribution in [3.05, 3.63) is 29.8 Å². The molecule has 0 saturated heterocycles. The number of hydrogen-bond donors (Lipinski definition) is 1. The molecule has 4 heteroatoms. The van der Waals surface area contributed by atoms with Crippen LogP contribution in [0, 0.1) is 17.6 Å². The summed E-state index contributed by atoms with van der Waals surface area (Å²) < 4.78 is 30.8. The summed E-state index contributed by atoms with van der Waals surface area (Å²) in [6.45, 7) is 0.363. The monoisotopic (exact) mass is 199 g/mol. The van der Waals surface area contributed by atoms with Crippen molar-refractivity contribution in [2.24, 2.45) is 11.7 Å². The van der Waals surface area contributed by atoms with Crippen LogP contribution in [0.25, 0.3) is 0 Å². The van der Waals surface area contributed by atoms with Gasteiger partial charge in [0.25, 0.3) is 0 Å². The molecule has 2 atom stereocenters. The molecule has 1 aliphatic rings. The van der Waals surface area contributed by atoms with Gasteiger partial charge >= 0.3 is 0 Å². The maximum absolute atomic E-state index is 13.0. The summed E-state index contributed by atoms with van der Waals surface area (Å²) in [4.78, 5) is 0. The van der Waals surface area contributed by atoms with E-state index in [1.54, 1.807) is 0 Å². The average molecular weight is 199 g/mol. The summed E-state index contributed by atoms with van der Waals surface area (Å²) >= 11 is 0. The molecule has 1 saturated carbocycles. The fourth-order valence-electron chi connectivity index (χ4n) is 1.25. The minimum absolute atomic E-state index is 0.0379. The number of benzene rings is 1. The van der Waals surface area contributed by atoms with Gasteiger partial charge in [0.2, 0.25) is 0 Å². The Kier molecular flexibility index (Phi) is 2.37. The molecule has 1 aliphatic carbocycles. The Balaban J connectivity index is 1.97. The molecular weight excluding hydrogens is 188 g/mol. The van der Waals surface area contributed by atoms with Gasteiger partial charge < -0.3 is 10.5 Å². The summed E-state index contributed by atoms with van der Waals surface area (Å²) in [6, 6.07) is 3.32. The Bertz CT molecular complexity index is 343. The molecule has 76 valence electrons. The lowest BCUT2D eigenvalue weighted by Gasteiger charge is -2.06. The highest BCUT2D eigenvalue weighted by Gasteiger charge is 2.34. The molecule has 1 aromatic rings. The number of rotatable bonds is 3. The molecule has 2 N–H and O–H groups in total. The van der Waals surface area contributed by atoms with E-state index in [9.17, 15) is 8.78 Å². The molecular formula is C10H11F2NO. The van der Waals surface area contributed by atoms with Gasteiger partial charge in [-0.2, -0.15) is 0 Å². The van der Waals surface area contributed by atoms with Crippen LogP contribution in [-0.2, 0) is 0 Å². The van der Waals surface area contributed by atoms with Crippen LogP contribution in [-0.4, -0.2) is 12.6 Å². The van der Waals surface area contributed by atoms with Crippen molar-refractivity contribution < 1.29 is 13.5 Å². The number of nitrogens with two attached hydrogens (primary N) is 1. The molecule has 14 heavy (non-hydrogen) atoms. The van der Waals surface area contributed by atoms with Gasteiger partial charge in [-0.25, -0.2) is 8.78 Å². The van der Waals surface area contributed by atoms with Gasteiger partial charge in [-0.05, 0) is 18.6 Å². The van der Waals surface area contributed by atoms with Crippen LogP contribution in [0.4, 0.5) is 8.78 Å². The molecule has 2 rings (SSSR count). The van der Waals surface area contributed by atoms with E-state index in [4.69, 9.17) is 10.5 Å². The van der Waals surface area contributed by atoms with Crippen LogP contribution in [0.1, 0.15) is 6.42 Å². The minimum atomic E-state index is -0.541. The standard InChI is InChI=1S/C10H11F2NO/c11-7-1-2-8(12)10(4-7)14-5-6-3-9(6)13/h1-2,4,6,9H,3,5,13H2. The second-order valence-corrected chi connectivity index (χ2v) is 3.55. The molecule has 0 heterocycles. The van der Waals surface area contributed by atoms with E-state index in [1.165, 1.54) is 0 Å². The third kappa shape index (κ3) is 2.01. The molecule has 0 radical (unpaired) electrons. The first-order chi connectivity index (χ1) is 6.66. The predicted molar refractivity (Wildman–Crippen MR) is 47.9 cm³/mol. The Morgan fingerprint density at radius 1 is 1.43 bits per heavy atom. The van der Waals surface area contributed by atoms with E-state index in [1.807, 2.05) is 0 Å². The SMILES string of the molecule is NC1CC1COc1cc(F)ccc1F. The zero-order valence-corrected chi connectivity index (χ0v) is 7.54. The first-order valence-corrected chi connectivity index (χ1v) is 4.50. The first-order valence-electron chi connectivity index (χ1n) is 4.50. The second kappa shape index (κ2) is 3.53. The molecule has 0 aromatic heterocycles. The molecule has 0 bridgehead atoms. The highest BCUT2D eigenvalue weighted by Crippen LogP contribution is 2.29. The zero-order valence-electron chi connectivity index (χ0n) is 7.54. The lowest BCUT2D eigenvalue weighted by molar-refractivity contribution is 0.281. The molecule has 1 aromatic carbocycles. The summed E-state index contributed by atoms with van der Waals surface area (Å²) in [5.74, 6) is -0.788. The molecule has 2 unspecified atom stereocenters. The highest BCUT2D eigenvalue weighted by molar-refractivity contribution is 5.25. The van der Waals surface area contributed by atoms with Crippen LogP contribution in [0.15, 0.2) is 18.2 Å². The summed E-state index contributed by atoms with van der Waals surface area (Å²) in [7, 11) is 0. The lowest BCUT2D eigenvalue weighted by atomic mass is 10.3. The Morgan fingerprint density at radius 2 is 2.14 bits per heavy atom. The van der Waals surface area contributed by atoms with Gasteiger partial charge in [-0.15, -0.1) is 0 Å². The third-order valence-corrected chi connectivity index (χ3v) is 2.32. The zero-order chi connectivity index (χ0) is 10.1. The fourth-order valence-corrected chi connectivity index (χ4v) is 1.25. The van der Waals surface area contributed by atoms with Gasteiger partial charge in [0, 0.05) is 18.0 Å². The van der Waals surface area contributed by atoms with Crippen LogP contribution < -0.4 is 10.5 Å². The maximum atomic E-state index is 13.0. The first kappa shape index (κ1) is 9.40. The third-order valence-electron chi connectivity index (χ3n) is 2.32. The van der Waals surface area contributed by atoms with Gasteiger partial charge in [0.1, 0.15) is 5.82 Å². The minimum Gasteiger partial charge on any atom is -0.490 e. The van der Waals surface area contributed by atoms with Crippen molar-refractivity contribution in [2.45, 2.75) is 12.5 Å². The van der Waals surface area contributed by atoms with E-state index in [0.29, 0.717) is 6.61 Å². The van der Waals surface area contributed by atoms with Crippen LogP contribution >= 0.6 is 0 Å². The van der Waals surface area contributed by atoms with Crippen molar-refractivity contribution in [1.82, 2.24) is 0 Å². The van der Waals surface area contributed by atoms with Crippen molar-refractivity contribution in [1.29, 1.82) is 0 Å². The van der Waals surface area contributed by atoms with Crippen molar-refractivity contribution in [3.8, 4) is 5.75 Å². The normalized spacial score (nSPS) is 24.8. The maximum Gasteiger partial charge on any atom is 0.165 e. The smallest absolute Gasteiger partial charge is 0.165 e. The summed E-state index contributed by atoms with van der Waals surface area (Å²) in [5, 5.41) is 0. The largest absolute Gasteiger partial charge is 0.490 e. The summed E-state index contributed by atoms with van der Waals surface area (Å²) in [5.41, 5.74) is 5.55. The molecule has 0 spiro atoms. The second-order valence-electron chi connectivity index (χ2n) is 3.55. The summed E-state index contributed by atoms with van der Waals surface area (Å²) in [6.07, 6.45) is 0.900. The number of ether oxygens (including phenoxy) is 1. The van der Waals surface area contributed by atoms with Gasteiger partial charge in [0.05, 0.1) is 6.61 Å². The van der Waals surface area contributed by atoms with Gasteiger partial charge in [-0.1, -0.05) is 0 Å². The highest BCUT2D eigenvalue weighted by atomic mass is 19.1. The van der Waals surface area contributed by atoms with Crippen molar-refractivity contribution in [3.63, 3.8) is 0 Å². The molecule has 0 amide bonds. The topological polar surface area (TPSA) is 35.2 Å². The molecule has 1 fully saturated rings. The fraction of sp³-hybridized carbons (Fsp3) is 0.400. The van der Waals surface area contributed by atoms with E-state index < -0.39 is 11.6 Å². The van der Waals surface area contributed by atoms with Gasteiger partial charge in [-0.3, -0.25) is 0 Å². The lowest BCUT2D eigenvalue weighted by Crippen LogP contribution is -2.09. The Labute approximate surface area is 80.7 Å². The van der Waals surface area contributed by atoms with Crippen LogP contribution in [0.3, 0.4) is 0 Å².